The Morgan fingerprint density at radius 3 is 2.91 bits per heavy atom. The number of carbonyl (C=O) groups is 1. The van der Waals surface area contributed by atoms with Crippen LogP contribution in [0.5, 0.6) is 0 Å². The van der Waals surface area contributed by atoms with E-state index in [1.165, 1.54) is 0 Å². The number of fused-ring (bicyclic) bond motifs is 1. The molecule has 2 saturated heterocycles. The topological polar surface area (TPSA) is 103 Å². The molecule has 128 valence electrons. The summed E-state index contributed by atoms with van der Waals surface area (Å²) in [6.07, 6.45) is 1.75. The van der Waals surface area contributed by atoms with Gasteiger partial charge in [0, 0.05) is 43.5 Å². The first-order chi connectivity index (χ1) is 10.8. The molecule has 3 rings (SSSR count). The Bertz CT molecular complexity index is 701. The van der Waals surface area contributed by atoms with E-state index in [9.17, 15) is 13.2 Å². The van der Waals surface area contributed by atoms with Gasteiger partial charge in [-0.05, 0) is 6.92 Å². The number of ether oxygens (including phenoxy) is 1. The van der Waals surface area contributed by atoms with Gasteiger partial charge in [-0.25, -0.2) is 8.42 Å². The maximum Gasteiger partial charge on any atom is 0.227 e. The van der Waals surface area contributed by atoms with Gasteiger partial charge in [-0.15, -0.1) is 0 Å². The molecule has 2 atom stereocenters. The van der Waals surface area contributed by atoms with Crippen molar-refractivity contribution in [1.82, 2.24) is 15.0 Å². The molecule has 8 nitrogen and oxygen atoms in total. The molecule has 23 heavy (non-hydrogen) atoms. The van der Waals surface area contributed by atoms with Crippen LogP contribution in [0.4, 0.5) is 0 Å². The predicted octanol–water partition coefficient (Wildman–Crippen LogP) is -0.170. The minimum Gasteiger partial charge on any atom is -0.380 e. The van der Waals surface area contributed by atoms with Gasteiger partial charge in [0.2, 0.25) is 11.8 Å². The molecule has 2 aliphatic rings. The lowest BCUT2D eigenvalue weighted by atomic mass is 9.78. The molecule has 3 heterocycles. The third-order valence-electron chi connectivity index (χ3n) is 4.63. The van der Waals surface area contributed by atoms with Crippen LogP contribution in [0.3, 0.4) is 0 Å². The number of aryl methyl sites for hydroxylation is 1. The van der Waals surface area contributed by atoms with Gasteiger partial charge in [-0.3, -0.25) is 4.79 Å². The first kappa shape index (κ1) is 16.4. The van der Waals surface area contributed by atoms with E-state index in [1.807, 2.05) is 0 Å². The fourth-order valence-electron chi connectivity index (χ4n) is 3.42. The summed E-state index contributed by atoms with van der Waals surface area (Å²) >= 11 is 0. The molecule has 1 aromatic heterocycles. The van der Waals surface area contributed by atoms with E-state index < -0.39 is 9.84 Å². The highest BCUT2D eigenvalue weighted by Gasteiger charge is 2.52. The van der Waals surface area contributed by atoms with E-state index in [0.29, 0.717) is 44.4 Å². The summed E-state index contributed by atoms with van der Waals surface area (Å²) in [5.41, 5.74) is -0.209. The maximum absolute atomic E-state index is 12.3. The normalized spacial score (nSPS) is 27.4. The van der Waals surface area contributed by atoms with Crippen LogP contribution in [-0.2, 0) is 25.8 Å². The zero-order valence-corrected chi connectivity index (χ0v) is 14.1. The molecule has 2 aliphatic heterocycles. The lowest BCUT2D eigenvalue weighted by molar-refractivity contribution is -0.130. The summed E-state index contributed by atoms with van der Waals surface area (Å²) < 4.78 is 33.3. The maximum atomic E-state index is 12.3. The molecule has 0 unspecified atom stereocenters. The van der Waals surface area contributed by atoms with Gasteiger partial charge in [-0.1, -0.05) is 5.16 Å². The minimum absolute atomic E-state index is 0.0299. The monoisotopic (exact) mass is 343 g/mol. The quantitative estimate of drug-likeness (QED) is 0.731. The van der Waals surface area contributed by atoms with Crippen molar-refractivity contribution >= 4 is 15.7 Å². The van der Waals surface area contributed by atoms with Gasteiger partial charge in [0.05, 0.1) is 19.0 Å². The second-order valence-electron chi connectivity index (χ2n) is 6.64. The highest BCUT2D eigenvalue weighted by Crippen LogP contribution is 2.43. The summed E-state index contributed by atoms with van der Waals surface area (Å²) in [6, 6.07) is 0. The van der Waals surface area contributed by atoms with E-state index in [2.05, 4.69) is 10.1 Å². The third kappa shape index (κ3) is 3.55. The first-order valence-electron chi connectivity index (χ1n) is 7.60. The molecule has 0 bridgehead atoms. The van der Waals surface area contributed by atoms with Crippen LogP contribution >= 0.6 is 0 Å². The van der Waals surface area contributed by atoms with Crippen LogP contribution in [0, 0.1) is 18.3 Å². The van der Waals surface area contributed by atoms with Crippen LogP contribution < -0.4 is 0 Å². The number of likely N-dealkylation sites (tertiary alicyclic amines) is 1. The van der Waals surface area contributed by atoms with Crippen molar-refractivity contribution in [2.45, 2.75) is 19.8 Å². The van der Waals surface area contributed by atoms with Gasteiger partial charge in [0.1, 0.15) is 9.84 Å². The van der Waals surface area contributed by atoms with Crippen LogP contribution in [0.15, 0.2) is 4.52 Å². The molecule has 9 heteroatoms. The van der Waals surface area contributed by atoms with Crippen molar-refractivity contribution < 1.29 is 22.5 Å². The second-order valence-corrected chi connectivity index (χ2v) is 8.90. The second kappa shape index (κ2) is 5.86. The number of aromatic nitrogens is 2. The standard InChI is InChI=1S/C14H21N3O5S/c1-10-15-12(22-16-10)5-14-8-17(6-11(14)7-21-9-14)13(18)3-4-23(2,19)20/h11H,3-9H2,1-2H3/t11-,14+/m1/s1. The lowest BCUT2D eigenvalue weighted by Gasteiger charge is -2.25. The molecule has 0 aromatic carbocycles. The smallest absolute Gasteiger partial charge is 0.227 e. The van der Waals surface area contributed by atoms with E-state index >= 15 is 0 Å². The van der Waals surface area contributed by atoms with E-state index in [-0.39, 0.29) is 29.4 Å². The molecular formula is C14H21N3O5S. The van der Waals surface area contributed by atoms with Crippen molar-refractivity contribution in [3.8, 4) is 0 Å². The molecule has 1 amide bonds. The zero-order valence-electron chi connectivity index (χ0n) is 13.3. The number of nitrogens with zero attached hydrogens (tertiary/aromatic N) is 3. The number of carbonyl (C=O) groups excluding carboxylic acids is 1. The van der Waals surface area contributed by atoms with E-state index in [0.717, 1.165) is 6.26 Å². The molecule has 0 N–H and O–H groups in total. The van der Waals surface area contributed by atoms with Gasteiger partial charge in [-0.2, -0.15) is 4.98 Å². The Hall–Kier alpha value is -1.48. The van der Waals surface area contributed by atoms with Crippen molar-refractivity contribution in [3.05, 3.63) is 11.7 Å². The SMILES string of the molecule is Cc1noc(C[C@]23COC[C@H]2CN(C(=O)CCS(C)(=O)=O)C3)n1. The largest absolute Gasteiger partial charge is 0.380 e. The van der Waals surface area contributed by atoms with Crippen LogP contribution in [0.1, 0.15) is 18.1 Å². The average Bonchev–Trinajstić information content (AvgIpc) is 3.09. The summed E-state index contributed by atoms with van der Waals surface area (Å²) in [7, 11) is -3.13. The Balaban J connectivity index is 1.68. The Kier molecular flexibility index (Phi) is 4.18. The molecule has 0 saturated carbocycles. The first-order valence-corrected chi connectivity index (χ1v) is 9.66. The van der Waals surface area contributed by atoms with Gasteiger partial charge >= 0.3 is 0 Å². The third-order valence-corrected chi connectivity index (χ3v) is 5.58. The van der Waals surface area contributed by atoms with Gasteiger partial charge in [0.25, 0.3) is 0 Å². The van der Waals surface area contributed by atoms with Crippen molar-refractivity contribution in [3.63, 3.8) is 0 Å². The van der Waals surface area contributed by atoms with Gasteiger partial charge in [0.15, 0.2) is 5.82 Å². The van der Waals surface area contributed by atoms with E-state index in [4.69, 9.17) is 9.26 Å². The summed E-state index contributed by atoms with van der Waals surface area (Å²) in [4.78, 5) is 18.3. The average molecular weight is 343 g/mol. The van der Waals surface area contributed by atoms with Crippen molar-refractivity contribution in [2.24, 2.45) is 11.3 Å². The fraction of sp³-hybridized carbons (Fsp3) is 0.786. The molecular weight excluding hydrogens is 322 g/mol. The number of hydrogen-bond acceptors (Lipinski definition) is 7. The Labute approximate surface area is 135 Å². The van der Waals surface area contributed by atoms with Crippen LogP contribution in [0.25, 0.3) is 0 Å². The van der Waals surface area contributed by atoms with E-state index in [1.54, 1.807) is 11.8 Å². The number of rotatable bonds is 5. The number of amides is 1. The Morgan fingerprint density at radius 1 is 1.48 bits per heavy atom. The van der Waals surface area contributed by atoms with Gasteiger partial charge < -0.3 is 14.2 Å². The molecule has 0 spiro atoms. The van der Waals surface area contributed by atoms with Crippen LogP contribution in [0.2, 0.25) is 0 Å². The number of sulfone groups is 1. The highest BCUT2D eigenvalue weighted by atomic mass is 32.2. The summed E-state index contributed by atoms with van der Waals surface area (Å²) in [6.45, 7) is 4.05. The fourth-order valence-corrected chi connectivity index (χ4v) is 3.96. The molecule has 1 aromatic rings. The van der Waals surface area contributed by atoms with Crippen molar-refractivity contribution in [2.75, 3.05) is 38.3 Å². The predicted molar refractivity (Wildman–Crippen MR) is 80.4 cm³/mol. The molecule has 2 fully saturated rings. The highest BCUT2D eigenvalue weighted by molar-refractivity contribution is 7.90. The number of hydrogen-bond donors (Lipinski definition) is 0. The van der Waals surface area contributed by atoms with Crippen molar-refractivity contribution in [1.29, 1.82) is 0 Å². The zero-order chi connectivity index (χ0) is 16.7. The molecule has 0 radical (unpaired) electrons. The summed E-state index contributed by atoms with van der Waals surface area (Å²) in [5.74, 6) is 1.14. The summed E-state index contributed by atoms with van der Waals surface area (Å²) in [5, 5.41) is 3.81. The lowest BCUT2D eigenvalue weighted by Crippen LogP contribution is -2.36. The minimum atomic E-state index is -3.13. The molecule has 0 aliphatic carbocycles. The Morgan fingerprint density at radius 2 is 2.26 bits per heavy atom. The van der Waals surface area contributed by atoms with Crippen LogP contribution in [-0.4, -0.2) is 67.7 Å².